The van der Waals surface area contributed by atoms with E-state index in [1.165, 1.54) is 10.4 Å². The molecular formula is C37H56O7SSi. The van der Waals surface area contributed by atoms with Gasteiger partial charge in [0.15, 0.2) is 0 Å². The van der Waals surface area contributed by atoms with E-state index in [9.17, 15) is 13.2 Å². The lowest BCUT2D eigenvalue weighted by Crippen LogP contribution is -2.67. The Morgan fingerprint density at radius 3 is 1.98 bits per heavy atom. The number of unbranched alkanes of at least 4 members (excludes halogenated alkanes) is 1. The fraction of sp³-hybridized carbons (Fsp3) is 0.541. The number of hydrogen-bond acceptors (Lipinski definition) is 7. The first-order chi connectivity index (χ1) is 21.7. The van der Waals surface area contributed by atoms with Crippen LogP contribution in [0.15, 0.2) is 84.5 Å². The molecule has 0 amide bonds. The van der Waals surface area contributed by atoms with Crippen LogP contribution in [0, 0.1) is 0 Å². The molecule has 0 saturated carbocycles. The van der Waals surface area contributed by atoms with Crippen LogP contribution in [0.5, 0.6) is 0 Å². The lowest BCUT2D eigenvalue weighted by Gasteiger charge is -2.44. The van der Waals surface area contributed by atoms with Crippen molar-refractivity contribution in [2.24, 2.45) is 0 Å². The van der Waals surface area contributed by atoms with E-state index >= 15 is 0 Å². The van der Waals surface area contributed by atoms with Gasteiger partial charge >= 0.3 is 5.97 Å². The van der Waals surface area contributed by atoms with Crippen LogP contribution >= 0.6 is 0 Å². The van der Waals surface area contributed by atoms with Crippen molar-refractivity contribution in [3.63, 3.8) is 0 Å². The summed E-state index contributed by atoms with van der Waals surface area (Å²) in [5.74, 6) is -0.419. The van der Waals surface area contributed by atoms with E-state index in [0.29, 0.717) is 12.0 Å². The number of hydrogen-bond donors (Lipinski definition) is 0. The molecule has 0 aromatic heterocycles. The molecule has 0 aliphatic heterocycles. The van der Waals surface area contributed by atoms with Gasteiger partial charge in [-0.25, -0.2) is 4.79 Å². The smallest absolute Gasteiger partial charge is 0.333 e. The molecule has 0 fully saturated rings. The average molecular weight is 673 g/mol. The largest absolute Gasteiger partial charge is 0.463 e. The Balaban J connectivity index is 1.95. The molecule has 2 rings (SSSR count). The molecule has 0 aliphatic carbocycles. The number of esters is 1. The van der Waals surface area contributed by atoms with Crippen molar-refractivity contribution in [2.45, 2.75) is 110 Å². The van der Waals surface area contributed by atoms with Gasteiger partial charge in [0.2, 0.25) is 0 Å². The van der Waals surface area contributed by atoms with E-state index in [0.717, 1.165) is 38.4 Å². The molecule has 0 spiro atoms. The maximum Gasteiger partial charge on any atom is 0.333 e. The highest BCUT2D eigenvalue weighted by molar-refractivity contribution is 7.86. The fourth-order valence-corrected chi connectivity index (χ4v) is 11.2. The minimum absolute atomic E-state index is 0.0524. The lowest BCUT2D eigenvalue weighted by atomic mass is 10.0. The van der Waals surface area contributed by atoms with E-state index in [-0.39, 0.29) is 30.3 Å². The average Bonchev–Trinajstić information content (AvgIpc) is 3.00. The van der Waals surface area contributed by atoms with Crippen molar-refractivity contribution < 1.29 is 31.3 Å². The zero-order valence-electron chi connectivity index (χ0n) is 29.2. The normalized spacial score (nSPS) is 15.1. The quantitative estimate of drug-likeness (QED) is 0.0370. The summed E-state index contributed by atoms with van der Waals surface area (Å²) in [7, 11) is -4.62. The van der Waals surface area contributed by atoms with Crippen LogP contribution < -0.4 is 10.4 Å². The fourth-order valence-electron chi connectivity index (χ4n) is 5.78. The summed E-state index contributed by atoms with van der Waals surface area (Å²) in [6.45, 7) is 12.8. The molecule has 9 heteroatoms. The summed E-state index contributed by atoms with van der Waals surface area (Å²) in [6, 6.07) is 21.5. The summed E-state index contributed by atoms with van der Waals surface area (Å²) >= 11 is 0. The third kappa shape index (κ3) is 12.9. The highest BCUT2D eigenvalue weighted by Gasteiger charge is 2.50. The first-order valence-electron chi connectivity index (χ1n) is 16.4. The highest BCUT2D eigenvalue weighted by atomic mass is 32.2. The van der Waals surface area contributed by atoms with Crippen molar-refractivity contribution in [1.29, 1.82) is 0 Å². The summed E-state index contributed by atoms with van der Waals surface area (Å²) in [4.78, 5) is 11.9. The van der Waals surface area contributed by atoms with Crippen molar-refractivity contribution in [3.8, 4) is 0 Å². The Bertz CT molecular complexity index is 1300. The number of allylic oxidation sites excluding steroid dienone is 2. The number of methoxy groups -OCH3 is 1. The topological polar surface area (TPSA) is 88.1 Å². The maximum absolute atomic E-state index is 11.9. The summed E-state index contributed by atoms with van der Waals surface area (Å²) in [5, 5.41) is 2.54. The molecule has 7 nitrogen and oxygen atoms in total. The van der Waals surface area contributed by atoms with Gasteiger partial charge < -0.3 is 13.9 Å². The molecule has 46 heavy (non-hydrogen) atoms. The molecule has 256 valence electrons. The van der Waals surface area contributed by atoms with Gasteiger partial charge in [0.25, 0.3) is 18.4 Å². The maximum atomic E-state index is 11.9. The Hall–Kier alpha value is -2.56. The van der Waals surface area contributed by atoms with Crippen LogP contribution in [0.25, 0.3) is 0 Å². The molecule has 0 saturated heterocycles. The molecule has 0 heterocycles. The Morgan fingerprint density at radius 2 is 1.48 bits per heavy atom. The monoisotopic (exact) mass is 672 g/mol. The summed E-state index contributed by atoms with van der Waals surface area (Å²) in [5.41, 5.74) is 0.423. The number of benzene rings is 2. The van der Waals surface area contributed by atoms with Crippen LogP contribution in [0.4, 0.5) is 0 Å². The molecule has 0 aliphatic rings. The van der Waals surface area contributed by atoms with E-state index in [2.05, 4.69) is 101 Å². The molecule has 1 unspecified atom stereocenters. The van der Waals surface area contributed by atoms with Crippen molar-refractivity contribution >= 4 is 34.8 Å². The molecule has 3 atom stereocenters. The second kappa shape index (κ2) is 19.3. The second-order valence-corrected chi connectivity index (χ2v) is 18.8. The zero-order valence-corrected chi connectivity index (χ0v) is 31.0. The van der Waals surface area contributed by atoms with Crippen LogP contribution in [0.1, 0.15) is 86.5 Å². The van der Waals surface area contributed by atoms with Gasteiger partial charge in [-0.1, -0.05) is 99.7 Å². The molecule has 2 aromatic carbocycles. The highest BCUT2D eigenvalue weighted by Crippen LogP contribution is 2.38. The predicted molar refractivity (Wildman–Crippen MR) is 191 cm³/mol. The predicted octanol–water partition coefficient (Wildman–Crippen LogP) is 7.11. The van der Waals surface area contributed by atoms with Gasteiger partial charge in [0, 0.05) is 25.2 Å². The minimum Gasteiger partial charge on any atom is -0.463 e. The van der Waals surface area contributed by atoms with Gasteiger partial charge in [-0.3, -0.25) is 4.18 Å². The van der Waals surface area contributed by atoms with Crippen molar-refractivity contribution in [1.82, 2.24) is 0 Å². The number of carbonyl (C=O) groups excluding carboxylic acids is 1. The first kappa shape index (κ1) is 39.6. The SMILES string of the molecule is CCOC(=O)/C(C)=C/CC(C[C@@H](CC/C=C\CCC[C@@H](C)O[Si](c1ccccc1)(c1ccccc1)C(C)(C)C)OC)OS(C)(=O)=O. The van der Waals surface area contributed by atoms with E-state index in [4.69, 9.17) is 18.1 Å². The Labute approximate surface area is 279 Å². The number of ether oxygens (including phenoxy) is 2. The van der Waals surface area contributed by atoms with Gasteiger partial charge in [0.05, 0.1) is 25.1 Å². The van der Waals surface area contributed by atoms with Gasteiger partial charge in [-0.05, 0) is 74.7 Å². The van der Waals surface area contributed by atoms with Crippen LogP contribution in [-0.4, -0.2) is 61.0 Å². The number of rotatable bonds is 20. The van der Waals surface area contributed by atoms with Crippen molar-refractivity contribution in [2.75, 3.05) is 20.0 Å². The second-order valence-electron chi connectivity index (χ2n) is 12.9. The lowest BCUT2D eigenvalue weighted by molar-refractivity contribution is -0.138. The standard InChI is InChI=1S/C37H56O7SSi/c1-9-42-36(38)30(2)27-28-33(43-45(8,39)40)29-32(41-7)22-16-12-10-11-15-21-31(3)44-46(37(4,5)6,34-23-17-13-18-24-34)35-25-19-14-20-26-35/h10,12-14,17-20,23-27,31-33H,9,11,15-16,21-22,28-29H2,1-8H3/b12-10-,30-27+/t31-,32-,33?/m1/s1. The number of carbonyl (C=O) groups is 1. The first-order valence-corrected chi connectivity index (χ1v) is 20.1. The van der Waals surface area contributed by atoms with E-state index < -0.39 is 30.5 Å². The Kier molecular flexibility index (Phi) is 16.6. The van der Waals surface area contributed by atoms with Gasteiger partial charge in [-0.15, -0.1) is 0 Å². The third-order valence-electron chi connectivity index (χ3n) is 8.05. The van der Waals surface area contributed by atoms with E-state index in [1.54, 1.807) is 27.0 Å². The summed E-state index contributed by atoms with van der Waals surface area (Å²) in [6.07, 6.45) is 11.5. The molecule has 0 radical (unpaired) electrons. The minimum atomic E-state index is -3.67. The molecule has 0 bridgehead atoms. The van der Waals surface area contributed by atoms with Gasteiger partial charge in [0.1, 0.15) is 0 Å². The van der Waals surface area contributed by atoms with Gasteiger partial charge in [-0.2, -0.15) is 8.42 Å². The zero-order chi connectivity index (χ0) is 34.2. The van der Waals surface area contributed by atoms with Crippen LogP contribution in [0.3, 0.4) is 0 Å². The van der Waals surface area contributed by atoms with Crippen LogP contribution in [0.2, 0.25) is 5.04 Å². The molecule has 2 aromatic rings. The van der Waals surface area contributed by atoms with Crippen LogP contribution in [-0.2, 0) is 33.0 Å². The Morgan fingerprint density at radius 1 is 0.913 bits per heavy atom. The van der Waals surface area contributed by atoms with E-state index in [1.807, 2.05) is 0 Å². The molecular weight excluding hydrogens is 617 g/mol. The van der Waals surface area contributed by atoms with Crippen molar-refractivity contribution in [3.05, 3.63) is 84.5 Å². The third-order valence-corrected chi connectivity index (χ3v) is 13.8. The summed E-state index contributed by atoms with van der Waals surface area (Å²) < 4.78 is 46.9. The molecule has 0 N–H and O–H groups in total.